The highest BCUT2D eigenvalue weighted by Crippen LogP contribution is 2.59. The molecule has 2 aliphatic rings. The summed E-state index contributed by atoms with van der Waals surface area (Å²) in [7, 11) is 0. The van der Waals surface area contributed by atoms with E-state index in [9.17, 15) is 9.59 Å². The van der Waals surface area contributed by atoms with Gasteiger partial charge in [-0.2, -0.15) is 0 Å². The van der Waals surface area contributed by atoms with Gasteiger partial charge in [0.15, 0.2) is 0 Å². The van der Waals surface area contributed by atoms with Gasteiger partial charge in [-0.3, -0.25) is 4.79 Å². The second-order valence-corrected chi connectivity index (χ2v) is 5.76. The molecule has 0 heterocycles. The Morgan fingerprint density at radius 1 is 1.40 bits per heavy atom. The minimum absolute atomic E-state index is 0.0351. The van der Waals surface area contributed by atoms with Crippen LogP contribution in [0.5, 0.6) is 0 Å². The van der Waals surface area contributed by atoms with Crippen molar-refractivity contribution in [3.63, 3.8) is 0 Å². The van der Waals surface area contributed by atoms with E-state index in [1.54, 1.807) is 6.92 Å². The molecular formula is C16H19NO3. The van der Waals surface area contributed by atoms with Crippen molar-refractivity contribution in [3.8, 4) is 0 Å². The Bertz CT molecular complexity index is 554. The molecule has 4 nitrogen and oxygen atoms in total. The summed E-state index contributed by atoms with van der Waals surface area (Å²) in [5.41, 5.74) is 2.63. The predicted octanol–water partition coefficient (Wildman–Crippen LogP) is 1.94. The van der Waals surface area contributed by atoms with Gasteiger partial charge in [-0.1, -0.05) is 31.2 Å². The third-order valence-electron chi connectivity index (χ3n) is 4.66. The summed E-state index contributed by atoms with van der Waals surface area (Å²) in [6, 6.07) is 7.52. The summed E-state index contributed by atoms with van der Waals surface area (Å²) in [6.07, 6.45) is 2.47. The molecule has 3 unspecified atom stereocenters. The number of nitrogens with one attached hydrogen (secondary N) is 1. The van der Waals surface area contributed by atoms with Crippen LogP contribution >= 0.6 is 0 Å². The molecule has 0 radical (unpaired) electrons. The first kappa shape index (κ1) is 13.2. The number of rotatable bonds is 4. The van der Waals surface area contributed by atoms with Crippen molar-refractivity contribution in [2.24, 2.45) is 11.8 Å². The topological polar surface area (TPSA) is 66.4 Å². The first-order valence-electron chi connectivity index (χ1n) is 7.24. The number of hydrogen-bond acceptors (Lipinski definition) is 2. The maximum Gasteiger partial charge on any atom is 0.326 e. The molecule has 0 aromatic heterocycles. The Kier molecular flexibility index (Phi) is 3.24. The van der Waals surface area contributed by atoms with E-state index < -0.39 is 12.0 Å². The van der Waals surface area contributed by atoms with Crippen LogP contribution in [0.3, 0.4) is 0 Å². The molecule has 3 rings (SSSR count). The van der Waals surface area contributed by atoms with E-state index in [1.165, 1.54) is 11.1 Å². The Morgan fingerprint density at radius 3 is 2.85 bits per heavy atom. The lowest BCUT2D eigenvalue weighted by Gasteiger charge is -2.13. The second-order valence-electron chi connectivity index (χ2n) is 5.76. The molecule has 2 N–H and O–H groups in total. The average molecular weight is 273 g/mol. The maximum absolute atomic E-state index is 12.3. The van der Waals surface area contributed by atoms with Crippen molar-refractivity contribution in [3.05, 3.63) is 35.4 Å². The van der Waals surface area contributed by atoms with E-state index in [0.29, 0.717) is 18.3 Å². The van der Waals surface area contributed by atoms with E-state index in [2.05, 4.69) is 17.4 Å². The van der Waals surface area contributed by atoms with E-state index >= 15 is 0 Å². The molecular weight excluding hydrogens is 254 g/mol. The predicted molar refractivity (Wildman–Crippen MR) is 74.3 cm³/mol. The van der Waals surface area contributed by atoms with E-state index in [1.807, 2.05) is 12.1 Å². The van der Waals surface area contributed by atoms with Crippen molar-refractivity contribution in [1.29, 1.82) is 0 Å². The normalized spacial score (nSPS) is 27.9. The van der Waals surface area contributed by atoms with Crippen molar-refractivity contribution in [2.75, 3.05) is 0 Å². The van der Waals surface area contributed by atoms with Crippen LogP contribution in [0.25, 0.3) is 0 Å². The zero-order valence-corrected chi connectivity index (χ0v) is 11.5. The van der Waals surface area contributed by atoms with Crippen molar-refractivity contribution in [1.82, 2.24) is 5.32 Å². The molecule has 1 amide bonds. The molecule has 0 aliphatic heterocycles. The largest absolute Gasteiger partial charge is 0.480 e. The van der Waals surface area contributed by atoms with Gasteiger partial charge in [-0.15, -0.1) is 0 Å². The Hall–Kier alpha value is -1.84. The standard InChI is InChI=1S/C16H19NO3/c1-2-12(16(19)20)17-15(18)14-11-8-7-9-5-3-4-6-10(9)13(11)14/h3-6,11-14H,2,7-8H2,1H3,(H,17,18)(H,19,20)/t11?,12-,13?,14?/m1/s1. The highest BCUT2D eigenvalue weighted by molar-refractivity contribution is 5.88. The molecule has 2 aliphatic carbocycles. The molecule has 1 aromatic carbocycles. The van der Waals surface area contributed by atoms with Gasteiger partial charge in [0, 0.05) is 5.92 Å². The van der Waals surface area contributed by atoms with Gasteiger partial charge in [0.2, 0.25) is 5.91 Å². The fraction of sp³-hybridized carbons (Fsp3) is 0.500. The molecule has 4 heteroatoms. The van der Waals surface area contributed by atoms with Gasteiger partial charge >= 0.3 is 5.97 Å². The first-order valence-corrected chi connectivity index (χ1v) is 7.24. The molecule has 4 atom stereocenters. The number of fused-ring (bicyclic) bond motifs is 3. The van der Waals surface area contributed by atoms with E-state index in [-0.39, 0.29) is 11.8 Å². The van der Waals surface area contributed by atoms with Crippen LogP contribution in [0.4, 0.5) is 0 Å². The molecule has 1 aromatic rings. The van der Waals surface area contributed by atoms with Crippen LogP contribution in [0.1, 0.15) is 36.8 Å². The van der Waals surface area contributed by atoms with Crippen molar-refractivity contribution >= 4 is 11.9 Å². The Balaban J connectivity index is 1.72. The summed E-state index contributed by atoms with van der Waals surface area (Å²) < 4.78 is 0. The zero-order valence-electron chi connectivity index (χ0n) is 11.5. The first-order chi connectivity index (χ1) is 9.63. The number of amides is 1. The lowest BCUT2D eigenvalue weighted by Crippen LogP contribution is -2.41. The van der Waals surface area contributed by atoms with E-state index in [0.717, 1.165) is 12.8 Å². The van der Waals surface area contributed by atoms with Gasteiger partial charge in [-0.25, -0.2) is 4.79 Å². The third-order valence-corrected chi connectivity index (χ3v) is 4.66. The molecule has 20 heavy (non-hydrogen) atoms. The number of carbonyl (C=O) groups is 2. The summed E-state index contributed by atoms with van der Waals surface area (Å²) in [5, 5.41) is 11.7. The second kappa shape index (κ2) is 4.93. The molecule has 0 spiro atoms. The smallest absolute Gasteiger partial charge is 0.326 e. The van der Waals surface area contributed by atoms with Gasteiger partial charge in [0.05, 0.1) is 0 Å². The number of aryl methyl sites for hydroxylation is 1. The number of benzene rings is 1. The number of hydrogen-bond donors (Lipinski definition) is 2. The molecule has 1 saturated carbocycles. The lowest BCUT2D eigenvalue weighted by atomic mass is 9.92. The third kappa shape index (κ3) is 2.09. The molecule has 106 valence electrons. The number of carbonyl (C=O) groups excluding carboxylic acids is 1. The van der Waals surface area contributed by atoms with E-state index in [4.69, 9.17) is 5.11 Å². The Morgan fingerprint density at radius 2 is 2.15 bits per heavy atom. The van der Waals surface area contributed by atoms with Gasteiger partial charge in [0.25, 0.3) is 0 Å². The summed E-state index contributed by atoms with van der Waals surface area (Å²) in [5.74, 6) is -0.384. The minimum Gasteiger partial charge on any atom is -0.480 e. The Labute approximate surface area is 118 Å². The monoisotopic (exact) mass is 273 g/mol. The summed E-state index contributed by atoms with van der Waals surface area (Å²) >= 11 is 0. The van der Waals surface area contributed by atoms with Crippen LogP contribution < -0.4 is 5.32 Å². The fourth-order valence-electron chi connectivity index (χ4n) is 3.53. The number of carboxylic acids is 1. The summed E-state index contributed by atoms with van der Waals surface area (Å²) in [4.78, 5) is 23.3. The SMILES string of the molecule is CC[C@@H](NC(=O)C1C2CCc3ccccc3C21)C(=O)O. The van der Waals surface area contributed by atoms with Crippen molar-refractivity contribution in [2.45, 2.75) is 38.1 Å². The van der Waals surface area contributed by atoms with Crippen LogP contribution in [-0.4, -0.2) is 23.0 Å². The molecule has 0 bridgehead atoms. The molecule has 0 saturated heterocycles. The van der Waals surface area contributed by atoms with Crippen LogP contribution in [-0.2, 0) is 16.0 Å². The fourth-order valence-corrected chi connectivity index (χ4v) is 3.53. The number of aliphatic carboxylic acids is 1. The van der Waals surface area contributed by atoms with Gasteiger partial charge in [-0.05, 0) is 42.2 Å². The van der Waals surface area contributed by atoms with Gasteiger partial charge in [0.1, 0.15) is 6.04 Å². The average Bonchev–Trinajstić information content (AvgIpc) is 3.19. The van der Waals surface area contributed by atoms with Crippen LogP contribution in [0, 0.1) is 11.8 Å². The maximum atomic E-state index is 12.3. The van der Waals surface area contributed by atoms with Gasteiger partial charge < -0.3 is 10.4 Å². The molecule has 1 fully saturated rings. The van der Waals surface area contributed by atoms with Crippen LogP contribution in [0.2, 0.25) is 0 Å². The minimum atomic E-state index is -0.954. The van der Waals surface area contributed by atoms with Crippen LogP contribution in [0.15, 0.2) is 24.3 Å². The van der Waals surface area contributed by atoms with Crippen molar-refractivity contribution < 1.29 is 14.7 Å². The quantitative estimate of drug-likeness (QED) is 0.881. The highest BCUT2D eigenvalue weighted by Gasteiger charge is 2.57. The zero-order chi connectivity index (χ0) is 14.3. The lowest BCUT2D eigenvalue weighted by molar-refractivity contribution is -0.142. The number of carboxylic acid groups (broad SMARTS) is 1. The highest BCUT2D eigenvalue weighted by atomic mass is 16.4. The summed E-state index contributed by atoms with van der Waals surface area (Å²) in [6.45, 7) is 1.77.